The second-order valence-corrected chi connectivity index (χ2v) is 11.4. The molecule has 0 saturated heterocycles. The molecule has 9 aromatic rings. The first-order valence-corrected chi connectivity index (χ1v) is 14.6. The molecule has 0 aliphatic heterocycles. The topological polar surface area (TPSA) is 3.24 Å². The minimum absolute atomic E-state index is 1.16. The van der Waals surface area contributed by atoms with E-state index in [1.54, 1.807) is 0 Å². The third-order valence-electron chi connectivity index (χ3n) is 8.94. The van der Waals surface area contributed by atoms with Gasteiger partial charge in [0.15, 0.2) is 0 Å². The van der Waals surface area contributed by atoms with Gasteiger partial charge in [0, 0.05) is 16.5 Å². The highest BCUT2D eigenvalue weighted by atomic mass is 15.1. The summed E-state index contributed by atoms with van der Waals surface area (Å²) in [5.41, 5.74) is 4.81. The molecule has 0 unspecified atom stereocenters. The van der Waals surface area contributed by atoms with Crippen molar-refractivity contribution in [3.8, 4) is 0 Å². The third kappa shape index (κ3) is 3.31. The van der Waals surface area contributed by atoms with Gasteiger partial charge < -0.3 is 4.90 Å². The van der Waals surface area contributed by atoms with Crippen molar-refractivity contribution in [2.45, 2.75) is 6.92 Å². The average molecular weight is 534 g/mol. The monoisotopic (exact) mass is 533 g/mol. The highest BCUT2D eigenvalue weighted by molar-refractivity contribution is 6.33. The Kier molecular flexibility index (Phi) is 4.88. The summed E-state index contributed by atoms with van der Waals surface area (Å²) in [6, 6.07) is 53.7. The van der Waals surface area contributed by atoms with Gasteiger partial charge in [0.2, 0.25) is 0 Å². The summed E-state index contributed by atoms with van der Waals surface area (Å²) < 4.78 is 0. The summed E-state index contributed by atoms with van der Waals surface area (Å²) in [5, 5.41) is 15.5. The van der Waals surface area contributed by atoms with Crippen LogP contribution in [0.4, 0.5) is 17.1 Å². The minimum Gasteiger partial charge on any atom is -0.309 e. The van der Waals surface area contributed by atoms with Crippen molar-refractivity contribution in [1.29, 1.82) is 0 Å². The largest absolute Gasteiger partial charge is 0.309 e. The maximum atomic E-state index is 2.47. The lowest BCUT2D eigenvalue weighted by Gasteiger charge is -2.29. The number of hydrogen-bond acceptors (Lipinski definition) is 1. The normalized spacial score (nSPS) is 11.9. The van der Waals surface area contributed by atoms with Crippen LogP contribution in [0.3, 0.4) is 0 Å². The predicted octanol–water partition coefficient (Wildman–Crippen LogP) is 11.8. The smallest absolute Gasteiger partial charge is 0.0540 e. The zero-order valence-electron chi connectivity index (χ0n) is 23.3. The predicted molar refractivity (Wildman–Crippen MR) is 182 cm³/mol. The number of rotatable bonds is 3. The van der Waals surface area contributed by atoms with E-state index in [1.807, 2.05) is 0 Å². The summed E-state index contributed by atoms with van der Waals surface area (Å²) in [5.74, 6) is 0. The second-order valence-electron chi connectivity index (χ2n) is 11.4. The lowest BCUT2D eigenvalue weighted by molar-refractivity contribution is 1.32. The Morgan fingerprint density at radius 1 is 0.357 bits per heavy atom. The van der Waals surface area contributed by atoms with Crippen molar-refractivity contribution >= 4 is 81.7 Å². The van der Waals surface area contributed by atoms with Crippen LogP contribution in [0, 0.1) is 6.92 Å². The van der Waals surface area contributed by atoms with Gasteiger partial charge in [-0.05, 0) is 90.6 Å². The Morgan fingerprint density at radius 3 is 1.43 bits per heavy atom. The van der Waals surface area contributed by atoms with Gasteiger partial charge in [-0.15, -0.1) is 0 Å². The van der Waals surface area contributed by atoms with E-state index in [4.69, 9.17) is 0 Å². The fraction of sp³-hybridized carbons (Fsp3) is 0.0244. The van der Waals surface area contributed by atoms with Crippen LogP contribution >= 0.6 is 0 Å². The van der Waals surface area contributed by atoms with E-state index in [-0.39, 0.29) is 0 Å². The molecule has 0 aromatic heterocycles. The number of nitrogens with zero attached hydrogens (tertiary/aromatic N) is 1. The van der Waals surface area contributed by atoms with Gasteiger partial charge >= 0.3 is 0 Å². The van der Waals surface area contributed by atoms with E-state index in [2.05, 4.69) is 157 Å². The fourth-order valence-electron chi connectivity index (χ4n) is 7.21. The number of anilines is 3. The summed E-state index contributed by atoms with van der Waals surface area (Å²) in [4.78, 5) is 2.47. The Hall–Kier alpha value is -5.40. The molecule has 0 saturated carbocycles. The fourth-order valence-corrected chi connectivity index (χ4v) is 7.21. The molecule has 196 valence electrons. The summed E-state index contributed by atoms with van der Waals surface area (Å²) in [6.07, 6.45) is 0. The molecule has 0 aliphatic rings. The molecule has 1 nitrogen and oxygen atoms in total. The molecular formula is C41H27N. The van der Waals surface area contributed by atoms with Crippen LogP contribution in [0.1, 0.15) is 5.56 Å². The van der Waals surface area contributed by atoms with Crippen LogP contribution in [-0.2, 0) is 0 Å². The van der Waals surface area contributed by atoms with Crippen molar-refractivity contribution in [1.82, 2.24) is 0 Å². The maximum Gasteiger partial charge on any atom is 0.0540 e. The molecule has 0 aliphatic carbocycles. The van der Waals surface area contributed by atoms with Crippen molar-refractivity contribution in [3.05, 3.63) is 151 Å². The van der Waals surface area contributed by atoms with E-state index < -0.39 is 0 Å². The molecule has 9 aromatic carbocycles. The quantitative estimate of drug-likeness (QED) is 0.161. The average Bonchev–Trinajstić information content (AvgIpc) is 3.03. The van der Waals surface area contributed by atoms with Crippen LogP contribution < -0.4 is 4.90 Å². The molecule has 0 spiro atoms. The van der Waals surface area contributed by atoms with E-state index in [9.17, 15) is 0 Å². The molecule has 1 heteroatoms. The highest BCUT2D eigenvalue weighted by Crippen LogP contribution is 2.47. The van der Waals surface area contributed by atoms with E-state index in [0.29, 0.717) is 0 Å². The molecule has 9 rings (SSSR count). The van der Waals surface area contributed by atoms with Crippen LogP contribution in [0.2, 0.25) is 0 Å². The van der Waals surface area contributed by atoms with Gasteiger partial charge in [-0.1, -0.05) is 121 Å². The van der Waals surface area contributed by atoms with Crippen LogP contribution in [0.25, 0.3) is 64.6 Å². The number of fused-ring (bicyclic) bond motifs is 4. The summed E-state index contributed by atoms with van der Waals surface area (Å²) in [7, 11) is 0. The van der Waals surface area contributed by atoms with Crippen LogP contribution in [-0.4, -0.2) is 0 Å². The van der Waals surface area contributed by atoms with Crippen LogP contribution in [0.5, 0.6) is 0 Å². The molecule has 0 amide bonds. The number of benzene rings is 9. The molecule has 42 heavy (non-hydrogen) atoms. The maximum absolute atomic E-state index is 2.47. The SMILES string of the molecule is Cc1cc2cccc3c4cc(N(c5cccc6ccccc56)c5cccc6ccccc56)cc5cccc(c(c1)c23)c54. The molecule has 0 N–H and O–H groups in total. The Balaban J connectivity index is 1.45. The highest BCUT2D eigenvalue weighted by Gasteiger charge is 2.21. The Bertz CT molecular complexity index is 2400. The standard InChI is InChI=1S/C41H27N/c1-26-22-29-14-6-19-35-37-25-31(24-30-15-7-18-34(41(30)37)36(23-26)40(29)35)42(38-20-8-12-27-10-2-4-16-32(27)38)39-21-9-13-28-11-3-5-17-33(28)39/h2-25H,1H3. The first-order valence-electron chi connectivity index (χ1n) is 14.6. The van der Waals surface area contributed by atoms with Crippen molar-refractivity contribution in [2.24, 2.45) is 0 Å². The summed E-state index contributed by atoms with van der Waals surface area (Å²) in [6.45, 7) is 2.20. The van der Waals surface area contributed by atoms with Crippen LogP contribution in [0.15, 0.2) is 146 Å². The van der Waals surface area contributed by atoms with Gasteiger partial charge in [0.05, 0.1) is 11.4 Å². The minimum atomic E-state index is 1.16. The number of hydrogen-bond donors (Lipinski definition) is 0. The first-order chi connectivity index (χ1) is 20.7. The second kappa shape index (κ2) is 8.80. The van der Waals surface area contributed by atoms with Gasteiger partial charge in [-0.2, -0.15) is 0 Å². The number of aryl methyl sites for hydroxylation is 1. The van der Waals surface area contributed by atoms with Gasteiger partial charge in [-0.25, -0.2) is 0 Å². The zero-order valence-corrected chi connectivity index (χ0v) is 23.3. The summed E-state index contributed by atoms with van der Waals surface area (Å²) >= 11 is 0. The molecule has 0 heterocycles. The molecule has 0 atom stereocenters. The van der Waals surface area contributed by atoms with E-state index in [0.717, 1.165) is 5.69 Å². The van der Waals surface area contributed by atoms with E-state index >= 15 is 0 Å². The lowest BCUT2D eigenvalue weighted by Crippen LogP contribution is -2.11. The van der Waals surface area contributed by atoms with Crippen molar-refractivity contribution in [2.75, 3.05) is 4.90 Å². The van der Waals surface area contributed by atoms with Gasteiger partial charge in [0.25, 0.3) is 0 Å². The van der Waals surface area contributed by atoms with Gasteiger partial charge in [-0.3, -0.25) is 0 Å². The van der Waals surface area contributed by atoms with Crippen molar-refractivity contribution < 1.29 is 0 Å². The Labute approximate surface area is 244 Å². The van der Waals surface area contributed by atoms with E-state index in [1.165, 1.54) is 81.6 Å². The molecular weight excluding hydrogens is 506 g/mol. The molecule has 0 bridgehead atoms. The third-order valence-corrected chi connectivity index (χ3v) is 8.94. The molecule has 0 radical (unpaired) electrons. The Morgan fingerprint density at radius 2 is 0.810 bits per heavy atom. The lowest BCUT2D eigenvalue weighted by atomic mass is 9.88. The van der Waals surface area contributed by atoms with Crippen molar-refractivity contribution in [3.63, 3.8) is 0 Å². The first kappa shape index (κ1) is 23.3. The zero-order chi connectivity index (χ0) is 27.8. The molecule has 0 fully saturated rings. The van der Waals surface area contributed by atoms with Gasteiger partial charge in [0.1, 0.15) is 0 Å².